The maximum absolute atomic E-state index is 4.00. The molecule has 0 bridgehead atoms. The minimum absolute atomic E-state index is 0.768. The monoisotopic (exact) mass is 294 g/mol. The number of hydrogen-bond acceptors (Lipinski definition) is 1. The fourth-order valence-electron chi connectivity index (χ4n) is 1.60. The van der Waals surface area contributed by atoms with Gasteiger partial charge in [-0.05, 0) is 0 Å². The molecule has 1 N–H and O–H groups in total. The number of nitrogens with zero attached hydrogens (tertiary/aromatic N) is 1. The Hall–Kier alpha value is 0.0801. The van der Waals surface area contributed by atoms with Crippen molar-refractivity contribution < 1.29 is 0 Å². The molecule has 76 valence electrons. The SMILES string of the molecule is CCCCCCC[CH]([In])c1ccn[nH]1. The van der Waals surface area contributed by atoms with Gasteiger partial charge in [0.05, 0.1) is 0 Å². The Kier molecular flexibility index (Phi) is 6.41. The second-order valence-corrected chi connectivity index (χ2v) is 6.12. The van der Waals surface area contributed by atoms with Crippen LogP contribution in [0.3, 0.4) is 0 Å². The van der Waals surface area contributed by atoms with Crippen LogP contribution in [0, 0.1) is 0 Å². The van der Waals surface area contributed by atoms with Crippen LogP contribution in [0.5, 0.6) is 0 Å². The summed E-state index contributed by atoms with van der Waals surface area (Å²) in [6.07, 6.45) is 10.1. The molecular weight excluding hydrogens is 275 g/mol. The van der Waals surface area contributed by atoms with Gasteiger partial charge in [-0.25, -0.2) is 0 Å². The predicted octanol–water partition coefficient (Wildman–Crippen LogP) is 2.98. The molecule has 14 heavy (non-hydrogen) atoms. The molecule has 0 aliphatic heterocycles. The summed E-state index contributed by atoms with van der Waals surface area (Å²) in [4.78, 5) is 0. The van der Waals surface area contributed by atoms with Gasteiger partial charge in [-0.3, -0.25) is 0 Å². The summed E-state index contributed by atoms with van der Waals surface area (Å²) in [6, 6.07) is 2.11. The molecule has 0 amide bonds. The van der Waals surface area contributed by atoms with Crippen molar-refractivity contribution in [3.63, 3.8) is 0 Å². The second kappa shape index (κ2) is 7.38. The van der Waals surface area contributed by atoms with Gasteiger partial charge in [0, 0.05) is 0 Å². The van der Waals surface area contributed by atoms with E-state index in [0.29, 0.717) is 0 Å². The minimum atomic E-state index is 0.768. The van der Waals surface area contributed by atoms with E-state index in [2.05, 4.69) is 23.2 Å². The van der Waals surface area contributed by atoms with E-state index in [0.717, 1.165) is 3.67 Å². The third kappa shape index (κ3) is 4.54. The molecule has 0 saturated heterocycles. The summed E-state index contributed by atoms with van der Waals surface area (Å²) in [7, 11) is 0. The number of hydrogen-bond donors (Lipinski definition) is 1. The van der Waals surface area contributed by atoms with Crippen LogP contribution in [0.1, 0.15) is 54.8 Å². The second-order valence-electron chi connectivity index (χ2n) is 3.82. The Balaban J connectivity index is 2.07. The van der Waals surface area contributed by atoms with Crippen molar-refractivity contribution in [1.29, 1.82) is 0 Å². The molecule has 0 fully saturated rings. The number of rotatable bonds is 7. The normalized spacial score (nSPS) is 12.9. The van der Waals surface area contributed by atoms with Crippen molar-refractivity contribution >= 4 is 24.4 Å². The van der Waals surface area contributed by atoms with E-state index in [-0.39, 0.29) is 0 Å². The van der Waals surface area contributed by atoms with Crippen molar-refractivity contribution in [2.24, 2.45) is 0 Å². The molecule has 1 aromatic rings. The molecule has 0 aliphatic carbocycles. The Morgan fingerprint density at radius 1 is 1.36 bits per heavy atom. The molecule has 1 aromatic heterocycles. The molecule has 3 heteroatoms. The summed E-state index contributed by atoms with van der Waals surface area (Å²) in [5.74, 6) is 0. The molecular formula is C11H19InN2. The molecule has 0 saturated carbocycles. The zero-order chi connectivity index (χ0) is 10.2. The van der Waals surface area contributed by atoms with Crippen LogP contribution in [0.15, 0.2) is 12.3 Å². The summed E-state index contributed by atoms with van der Waals surface area (Å²) in [5.41, 5.74) is 1.34. The number of unbranched alkanes of at least 4 members (excludes halogenated alkanes) is 4. The van der Waals surface area contributed by atoms with E-state index < -0.39 is 0 Å². The molecule has 0 aromatic carbocycles. The van der Waals surface area contributed by atoms with E-state index in [1.54, 1.807) is 0 Å². The first-order chi connectivity index (χ1) is 6.84. The van der Waals surface area contributed by atoms with Gasteiger partial charge in [-0.1, -0.05) is 0 Å². The molecule has 1 atom stereocenters. The predicted molar refractivity (Wildman–Crippen MR) is 60.5 cm³/mol. The Morgan fingerprint density at radius 2 is 2.14 bits per heavy atom. The summed E-state index contributed by atoms with van der Waals surface area (Å²) >= 11 is 1.31. The third-order valence-corrected chi connectivity index (χ3v) is 4.52. The van der Waals surface area contributed by atoms with Crippen molar-refractivity contribution in [1.82, 2.24) is 10.2 Å². The summed E-state index contributed by atoms with van der Waals surface area (Å²) in [6.45, 7) is 2.26. The summed E-state index contributed by atoms with van der Waals surface area (Å²) < 4.78 is 0.768. The van der Waals surface area contributed by atoms with Crippen LogP contribution in [-0.2, 0) is 0 Å². The quantitative estimate of drug-likeness (QED) is 0.769. The zero-order valence-electron chi connectivity index (χ0n) is 9.00. The van der Waals surface area contributed by atoms with Crippen molar-refractivity contribution in [2.45, 2.75) is 49.1 Å². The first kappa shape index (κ1) is 12.2. The topological polar surface area (TPSA) is 28.7 Å². The van der Waals surface area contributed by atoms with Crippen LogP contribution in [0.2, 0.25) is 0 Å². The van der Waals surface area contributed by atoms with Gasteiger partial charge in [0.2, 0.25) is 0 Å². The maximum atomic E-state index is 4.00. The fourth-order valence-corrected chi connectivity index (χ4v) is 2.80. The molecule has 1 rings (SSSR count). The average molecular weight is 294 g/mol. The van der Waals surface area contributed by atoms with Gasteiger partial charge < -0.3 is 0 Å². The molecule has 0 aliphatic rings. The number of nitrogens with one attached hydrogen (secondary N) is 1. The summed E-state index contributed by atoms with van der Waals surface area (Å²) in [5, 5.41) is 7.07. The van der Waals surface area contributed by atoms with Crippen LogP contribution in [-0.4, -0.2) is 34.6 Å². The molecule has 1 unspecified atom stereocenters. The van der Waals surface area contributed by atoms with E-state index in [1.807, 2.05) is 6.20 Å². The molecule has 2 radical (unpaired) electrons. The van der Waals surface area contributed by atoms with E-state index >= 15 is 0 Å². The third-order valence-electron chi connectivity index (χ3n) is 2.54. The van der Waals surface area contributed by atoms with Crippen molar-refractivity contribution in [3.8, 4) is 0 Å². The van der Waals surface area contributed by atoms with Gasteiger partial charge in [0.25, 0.3) is 0 Å². The number of aromatic amines is 1. The fraction of sp³-hybridized carbons (Fsp3) is 0.727. The van der Waals surface area contributed by atoms with Crippen molar-refractivity contribution in [3.05, 3.63) is 18.0 Å². The molecule has 0 spiro atoms. The van der Waals surface area contributed by atoms with Crippen LogP contribution >= 0.6 is 0 Å². The van der Waals surface area contributed by atoms with Crippen molar-refractivity contribution in [2.75, 3.05) is 0 Å². The van der Waals surface area contributed by atoms with Gasteiger partial charge in [-0.2, -0.15) is 0 Å². The van der Waals surface area contributed by atoms with E-state index in [1.165, 1.54) is 68.6 Å². The first-order valence-electron chi connectivity index (χ1n) is 5.59. The molecule has 2 nitrogen and oxygen atoms in total. The van der Waals surface area contributed by atoms with Crippen LogP contribution < -0.4 is 0 Å². The van der Waals surface area contributed by atoms with Gasteiger partial charge >= 0.3 is 102 Å². The first-order valence-corrected chi connectivity index (χ1v) is 7.49. The Labute approximate surface area is 101 Å². The zero-order valence-corrected chi connectivity index (χ0v) is 12.3. The Bertz CT molecular complexity index is 221. The van der Waals surface area contributed by atoms with E-state index in [9.17, 15) is 0 Å². The van der Waals surface area contributed by atoms with Gasteiger partial charge in [0.15, 0.2) is 0 Å². The number of aromatic nitrogens is 2. The van der Waals surface area contributed by atoms with Gasteiger partial charge in [-0.15, -0.1) is 0 Å². The van der Waals surface area contributed by atoms with Gasteiger partial charge in [0.1, 0.15) is 0 Å². The standard InChI is InChI=1S/C11H19N2.In/c1-2-3-4-5-6-7-8-11-9-10-12-13-11;/h8-10H,2-7H2,1H3,(H,12,13);. The average Bonchev–Trinajstić information content (AvgIpc) is 2.70. The van der Waals surface area contributed by atoms with E-state index in [4.69, 9.17) is 0 Å². The van der Waals surface area contributed by atoms with Crippen LogP contribution in [0.4, 0.5) is 0 Å². The van der Waals surface area contributed by atoms with Crippen LogP contribution in [0.25, 0.3) is 0 Å². The Morgan fingerprint density at radius 3 is 2.79 bits per heavy atom. The molecule has 1 heterocycles. The number of H-pyrrole nitrogens is 1.